The first kappa shape index (κ1) is 19.8. The summed E-state index contributed by atoms with van der Waals surface area (Å²) in [5, 5.41) is 1.12. The average Bonchev–Trinajstić information content (AvgIpc) is 3.16. The fourth-order valence-corrected chi connectivity index (χ4v) is 3.82. The predicted molar refractivity (Wildman–Crippen MR) is 115 cm³/mol. The van der Waals surface area contributed by atoms with Crippen LogP contribution in [-0.2, 0) is 17.9 Å². The van der Waals surface area contributed by atoms with E-state index in [9.17, 15) is 0 Å². The molecule has 6 heteroatoms. The van der Waals surface area contributed by atoms with Gasteiger partial charge in [0.05, 0.1) is 11.9 Å². The van der Waals surface area contributed by atoms with E-state index in [1.165, 1.54) is 6.04 Å². The minimum atomic E-state index is -1.06. The summed E-state index contributed by atoms with van der Waals surface area (Å²) >= 11 is 0. The zero-order chi connectivity index (χ0) is 19.7. The quantitative estimate of drug-likeness (QED) is 0.442. The highest BCUT2D eigenvalue weighted by Gasteiger charge is 2.16. The topological polar surface area (TPSA) is 55.7 Å². The van der Waals surface area contributed by atoms with Gasteiger partial charge in [0.25, 0.3) is 0 Å². The number of hydrogen-bond donors (Lipinski definition) is 1. The lowest BCUT2D eigenvalue weighted by Crippen LogP contribution is -2.22. The van der Waals surface area contributed by atoms with Gasteiger partial charge in [-0.3, -0.25) is 0 Å². The predicted octanol–water partition coefficient (Wildman–Crippen LogP) is 5.33. The molecule has 3 aromatic heterocycles. The number of aromatic amines is 1. The van der Waals surface area contributed by atoms with Crippen LogP contribution in [0.1, 0.15) is 26.6 Å². The summed E-state index contributed by atoms with van der Waals surface area (Å²) in [6, 6.07) is 5.34. The molecule has 0 bridgehead atoms. The maximum absolute atomic E-state index is 5.90. The second-order valence-corrected chi connectivity index (χ2v) is 15.3. The van der Waals surface area contributed by atoms with E-state index in [1.54, 1.807) is 0 Å². The standard InChI is InChI=1S/C21H32N4OSi/c1-21(2,3)13-19-23-14-18(24-19)16-7-9-22-20-17(16)8-10-25(20)15-26-11-12-27(4,5)6/h7-10,14H,11-13,15H2,1-6H3,(H,23,24). The van der Waals surface area contributed by atoms with E-state index in [1.807, 2.05) is 18.5 Å². The number of hydrogen-bond acceptors (Lipinski definition) is 3. The van der Waals surface area contributed by atoms with Gasteiger partial charge in [-0.25, -0.2) is 9.97 Å². The highest BCUT2D eigenvalue weighted by atomic mass is 28.3. The monoisotopic (exact) mass is 384 g/mol. The van der Waals surface area contributed by atoms with Gasteiger partial charge in [0.15, 0.2) is 0 Å². The molecule has 0 unspecified atom stereocenters. The summed E-state index contributed by atoms with van der Waals surface area (Å²) in [4.78, 5) is 12.6. The van der Waals surface area contributed by atoms with Gasteiger partial charge in [0.1, 0.15) is 18.2 Å². The summed E-state index contributed by atoms with van der Waals surface area (Å²) in [6.07, 6.45) is 6.77. The van der Waals surface area contributed by atoms with Crippen LogP contribution in [0.25, 0.3) is 22.3 Å². The van der Waals surface area contributed by atoms with E-state index in [0.717, 1.165) is 41.1 Å². The van der Waals surface area contributed by atoms with Crippen LogP contribution >= 0.6 is 0 Å². The molecule has 5 nitrogen and oxygen atoms in total. The van der Waals surface area contributed by atoms with Gasteiger partial charge in [-0.15, -0.1) is 0 Å². The Bertz CT molecular complexity index is 899. The maximum Gasteiger partial charge on any atom is 0.142 e. The number of nitrogens with zero attached hydrogens (tertiary/aromatic N) is 3. The summed E-state index contributed by atoms with van der Waals surface area (Å²) < 4.78 is 7.98. The minimum Gasteiger partial charge on any atom is -0.361 e. The number of H-pyrrole nitrogens is 1. The first-order chi connectivity index (χ1) is 12.6. The van der Waals surface area contributed by atoms with Gasteiger partial charge in [-0.1, -0.05) is 40.4 Å². The number of fused-ring (bicyclic) bond motifs is 1. The molecule has 0 aliphatic rings. The lowest BCUT2D eigenvalue weighted by molar-refractivity contribution is 0.0899. The van der Waals surface area contributed by atoms with Gasteiger partial charge >= 0.3 is 0 Å². The average molecular weight is 385 g/mol. The summed E-state index contributed by atoms with van der Waals surface area (Å²) in [5.74, 6) is 1.02. The third-order valence-corrected chi connectivity index (χ3v) is 6.21. The lowest BCUT2D eigenvalue weighted by Gasteiger charge is -2.15. The Kier molecular flexibility index (Phi) is 5.58. The number of aromatic nitrogens is 4. The van der Waals surface area contributed by atoms with Gasteiger partial charge in [-0.05, 0) is 23.6 Å². The molecule has 0 amide bonds. The molecule has 0 atom stereocenters. The van der Waals surface area contributed by atoms with E-state index in [0.29, 0.717) is 6.73 Å². The fraction of sp³-hybridized carbons (Fsp3) is 0.524. The second kappa shape index (κ2) is 7.60. The fourth-order valence-electron chi connectivity index (χ4n) is 3.06. The molecule has 3 aromatic rings. The van der Waals surface area contributed by atoms with Crippen molar-refractivity contribution in [2.45, 2.75) is 59.6 Å². The van der Waals surface area contributed by atoms with E-state index in [-0.39, 0.29) is 5.41 Å². The molecule has 0 aromatic carbocycles. The van der Waals surface area contributed by atoms with E-state index < -0.39 is 8.07 Å². The number of pyridine rings is 1. The molecule has 3 rings (SSSR count). The van der Waals surface area contributed by atoms with Crippen LogP contribution in [0.5, 0.6) is 0 Å². The SMILES string of the molecule is CC(C)(C)Cc1ncc(-c2ccnc3c2ccn3COCC[Si](C)(C)C)[nH]1. The van der Waals surface area contributed by atoms with Gasteiger partial charge in [0.2, 0.25) is 0 Å². The molecule has 3 heterocycles. The Labute approximate surface area is 163 Å². The van der Waals surface area contributed by atoms with Crippen LogP contribution in [0.15, 0.2) is 30.7 Å². The van der Waals surface area contributed by atoms with Gasteiger partial charge < -0.3 is 14.3 Å². The Balaban J connectivity index is 1.78. The van der Waals surface area contributed by atoms with Crippen molar-refractivity contribution in [1.29, 1.82) is 0 Å². The van der Waals surface area contributed by atoms with Crippen molar-refractivity contribution in [3.63, 3.8) is 0 Å². The molecule has 0 saturated carbocycles. The van der Waals surface area contributed by atoms with Crippen LogP contribution in [0, 0.1) is 5.41 Å². The van der Waals surface area contributed by atoms with Crippen LogP contribution in [-0.4, -0.2) is 34.2 Å². The first-order valence-corrected chi connectivity index (χ1v) is 13.4. The molecule has 0 spiro atoms. The van der Waals surface area contributed by atoms with Crippen molar-refractivity contribution in [1.82, 2.24) is 19.5 Å². The molecule has 0 radical (unpaired) electrons. The Morgan fingerprint density at radius 2 is 1.93 bits per heavy atom. The summed E-state index contributed by atoms with van der Waals surface area (Å²) in [7, 11) is -1.06. The third-order valence-electron chi connectivity index (χ3n) is 4.51. The van der Waals surface area contributed by atoms with E-state index >= 15 is 0 Å². The summed E-state index contributed by atoms with van der Waals surface area (Å²) in [6.45, 7) is 15.1. The number of imidazole rings is 1. The number of rotatable bonds is 7. The Morgan fingerprint density at radius 1 is 1.15 bits per heavy atom. The largest absolute Gasteiger partial charge is 0.361 e. The van der Waals surface area contributed by atoms with Crippen molar-refractivity contribution in [2.24, 2.45) is 5.41 Å². The molecule has 0 aliphatic carbocycles. The zero-order valence-electron chi connectivity index (χ0n) is 17.5. The van der Waals surface area contributed by atoms with Crippen LogP contribution in [0.3, 0.4) is 0 Å². The molecule has 27 heavy (non-hydrogen) atoms. The molecule has 0 saturated heterocycles. The second-order valence-electron chi connectivity index (χ2n) is 9.71. The van der Waals surface area contributed by atoms with Gasteiger partial charge in [0, 0.05) is 44.4 Å². The van der Waals surface area contributed by atoms with Crippen molar-refractivity contribution in [3.05, 3.63) is 36.5 Å². The smallest absolute Gasteiger partial charge is 0.142 e. The molecule has 0 aliphatic heterocycles. The molecule has 146 valence electrons. The van der Waals surface area contributed by atoms with Crippen LogP contribution < -0.4 is 0 Å². The molecule has 1 N–H and O–H groups in total. The minimum absolute atomic E-state index is 0.208. The third kappa shape index (κ3) is 5.29. The lowest BCUT2D eigenvalue weighted by atomic mass is 9.92. The zero-order valence-corrected chi connectivity index (χ0v) is 18.5. The van der Waals surface area contributed by atoms with Crippen molar-refractivity contribution in [3.8, 4) is 11.3 Å². The van der Waals surface area contributed by atoms with E-state index in [2.05, 4.69) is 72.2 Å². The van der Waals surface area contributed by atoms with Crippen molar-refractivity contribution >= 4 is 19.1 Å². The Morgan fingerprint density at radius 3 is 2.63 bits per heavy atom. The maximum atomic E-state index is 5.90. The van der Waals surface area contributed by atoms with Crippen molar-refractivity contribution < 1.29 is 4.74 Å². The highest BCUT2D eigenvalue weighted by molar-refractivity contribution is 6.76. The molecular formula is C21H32N4OSi. The van der Waals surface area contributed by atoms with Crippen molar-refractivity contribution in [2.75, 3.05) is 6.61 Å². The highest BCUT2D eigenvalue weighted by Crippen LogP contribution is 2.28. The first-order valence-electron chi connectivity index (χ1n) is 9.68. The summed E-state index contributed by atoms with van der Waals surface area (Å²) in [5.41, 5.74) is 3.33. The Hall–Kier alpha value is -1.92. The normalized spacial score (nSPS) is 12.8. The van der Waals surface area contributed by atoms with Crippen LogP contribution in [0.2, 0.25) is 25.7 Å². The van der Waals surface area contributed by atoms with Crippen LogP contribution in [0.4, 0.5) is 0 Å². The van der Waals surface area contributed by atoms with E-state index in [4.69, 9.17) is 4.74 Å². The molecule has 0 fully saturated rings. The number of ether oxygens (including phenoxy) is 1. The number of nitrogens with one attached hydrogen (secondary N) is 1. The molecular weight excluding hydrogens is 352 g/mol. The van der Waals surface area contributed by atoms with Gasteiger partial charge in [-0.2, -0.15) is 0 Å².